The molecule has 2 amide bonds. The Morgan fingerprint density at radius 2 is 2.00 bits per heavy atom. The summed E-state index contributed by atoms with van der Waals surface area (Å²) >= 11 is 6.32. The van der Waals surface area contributed by atoms with Gasteiger partial charge in [-0.05, 0) is 31.4 Å². The van der Waals surface area contributed by atoms with Gasteiger partial charge in [0.2, 0.25) is 5.91 Å². The van der Waals surface area contributed by atoms with Gasteiger partial charge in [-0.25, -0.2) is 4.39 Å². The van der Waals surface area contributed by atoms with Crippen LogP contribution in [0.5, 0.6) is 5.75 Å². The summed E-state index contributed by atoms with van der Waals surface area (Å²) in [5.41, 5.74) is 1.39. The van der Waals surface area contributed by atoms with Crippen molar-refractivity contribution in [2.75, 3.05) is 25.5 Å². The maximum atomic E-state index is 13.9. The molecule has 2 aromatic rings. The van der Waals surface area contributed by atoms with Crippen LogP contribution in [0.15, 0.2) is 36.4 Å². The van der Waals surface area contributed by atoms with Gasteiger partial charge >= 0.3 is 0 Å². The maximum absolute atomic E-state index is 13.9. The molecule has 1 saturated heterocycles. The van der Waals surface area contributed by atoms with Crippen molar-refractivity contribution in [3.63, 3.8) is 0 Å². The Hall–Kier alpha value is -2.64. The highest BCUT2D eigenvalue weighted by atomic mass is 35.5. The van der Waals surface area contributed by atoms with Crippen molar-refractivity contribution in [2.45, 2.75) is 31.8 Å². The van der Waals surface area contributed by atoms with E-state index in [0.29, 0.717) is 35.7 Å². The van der Waals surface area contributed by atoms with Crippen molar-refractivity contribution in [3.8, 4) is 5.75 Å². The summed E-state index contributed by atoms with van der Waals surface area (Å²) in [5.74, 6) is -0.198. The van der Waals surface area contributed by atoms with Gasteiger partial charge in [0.25, 0.3) is 5.91 Å². The van der Waals surface area contributed by atoms with Gasteiger partial charge in [-0.2, -0.15) is 0 Å². The average molecular weight is 446 g/mol. The fourth-order valence-corrected chi connectivity index (χ4v) is 4.01. The zero-order valence-corrected chi connectivity index (χ0v) is 18.0. The number of methoxy groups -OCH3 is 1. The monoisotopic (exact) mass is 445 g/mol. The first-order chi connectivity index (χ1) is 14.9. The van der Waals surface area contributed by atoms with Gasteiger partial charge in [-0.1, -0.05) is 29.8 Å². The highest BCUT2D eigenvalue weighted by Gasteiger charge is 2.31. The van der Waals surface area contributed by atoms with Gasteiger partial charge in [0, 0.05) is 43.2 Å². The minimum atomic E-state index is -0.295. The molecule has 1 saturated carbocycles. The van der Waals surface area contributed by atoms with E-state index in [1.54, 1.807) is 18.2 Å². The topological polar surface area (TPSA) is 70.7 Å². The van der Waals surface area contributed by atoms with E-state index in [-0.39, 0.29) is 34.6 Å². The van der Waals surface area contributed by atoms with Crippen LogP contribution in [0, 0.1) is 11.7 Å². The van der Waals surface area contributed by atoms with Crippen molar-refractivity contribution >= 4 is 29.1 Å². The van der Waals surface area contributed by atoms with Crippen molar-refractivity contribution < 1.29 is 18.7 Å². The molecule has 2 N–H and O–H groups in total. The molecule has 31 heavy (non-hydrogen) atoms. The summed E-state index contributed by atoms with van der Waals surface area (Å²) < 4.78 is 19.3. The lowest BCUT2D eigenvalue weighted by Gasteiger charge is -2.18. The first kappa shape index (κ1) is 21.6. The molecule has 2 aromatic carbocycles. The highest BCUT2D eigenvalue weighted by Crippen LogP contribution is 2.34. The zero-order valence-electron chi connectivity index (χ0n) is 17.3. The lowest BCUT2D eigenvalue weighted by atomic mass is 10.1. The Morgan fingerprint density at radius 1 is 1.23 bits per heavy atom. The number of carbonyl (C=O) groups is 2. The van der Waals surface area contributed by atoms with E-state index < -0.39 is 0 Å². The first-order valence-corrected chi connectivity index (χ1v) is 10.8. The molecule has 0 aromatic heterocycles. The Bertz CT molecular complexity index is 996. The predicted molar refractivity (Wildman–Crippen MR) is 117 cm³/mol. The standard InChI is InChI=1S/C23H25ClFN3O3/c1-31-21-11-20(27-22(29)14-6-7-14)18(24)10-17(21)23(30)26-16-8-9-28(13-16)12-15-4-2-3-5-19(15)25/h2-5,10-11,14,16H,6-9,12-13H2,1H3,(H,26,30)(H,27,29)/t16-/m0/s1. The molecule has 0 unspecified atom stereocenters. The van der Waals surface area contributed by atoms with E-state index in [9.17, 15) is 14.0 Å². The molecule has 2 fully saturated rings. The van der Waals surface area contributed by atoms with Crippen LogP contribution in [-0.2, 0) is 11.3 Å². The highest BCUT2D eigenvalue weighted by molar-refractivity contribution is 6.34. The molecule has 6 nitrogen and oxygen atoms in total. The maximum Gasteiger partial charge on any atom is 0.255 e. The Morgan fingerprint density at radius 3 is 2.71 bits per heavy atom. The second kappa shape index (κ2) is 9.24. The van der Waals surface area contributed by atoms with Gasteiger partial charge in [-0.15, -0.1) is 0 Å². The lowest BCUT2D eigenvalue weighted by molar-refractivity contribution is -0.117. The van der Waals surface area contributed by atoms with Gasteiger partial charge in [0.1, 0.15) is 11.6 Å². The molecule has 0 radical (unpaired) electrons. The third kappa shape index (κ3) is 5.17. The number of halogens is 2. The molecule has 1 aliphatic carbocycles. The number of hydrogen-bond donors (Lipinski definition) is 2. The number of benzene rings is 2. The second-order valence-electron chi connectivity index (χ2n) is 8.08. The molecule has 4 rings (SSSR count). The Kier molecular flexibility index (Phi) is 6.43. The number of amides is 2. The molecule has 0 spiro atoms. The number of carbonyl (C=O) groups excluding carboxylic acids is 2. The van der Waals surface area contributed by atoms with E-state index >= 15 is 0 Å². The number of likely N-dealkylation sites (tertiary alicyclic amines) is 1. The number of rotatable bonds is 7. The van der Waals surface area contributed by atoms with E-state index in [2.05, 4.69) is 15.5 Å². The summed E-state index contributed by atoms with van der Waals surface area (Å²) in [7, 11) is 1.47. The van der Waals surface area contributed by atoms with Crippen LogP contribution in [0.25, 0.3) is 0 Å². The average Bonchev–Trinajstić information content (AvgIpc) is 3.52. The van der Waals surface area contributed by atoms with Crippen molar-refractivity contribution in [1.29, 1.82) is 0 Å². The minimum absolute atomic E-state index is 0.0414. The lowest BCUT2D eigenvalue weighted by Crippen LogP contribution is -2.37. The molecule has 8 heteroatoms. The van der Waals surface area contributed by atoms with Crippen LogP contribution in [0.3, 0.4) is 0 Å². The zero-order chi connectivity index (χ0) is 22.0. The van der Waals surface area contributed by atoms with Gasteiger partial charge in [-0.3, -0.25) is 14.5 Å². The third-order valence-corrected chi connectivity index (χ3v) is 6.01. The number of nitrogens with one attached hydrogen (secondary N) is 2. The van der Waals surface area contributed by atoms with Gasteiger partial charge in [0.15, 0.2) is 0 Å². The summed E-state index contributed by atoms with van der Waals surface area (Å²) in [6, 6.07) is 9.76. The molecule has 1 atom stereocenters. The molecule has 164 valence electrons. The van der Waals surface area contributed by atoms with Gasteiger partial charge < -0.3 is 15.4 Å². The molecular weight excluding hydrogens is 421 g/mol. The summed E-state index contributed by atoms with van der Waals surface area (Å²) in [6.07, 6.45) is 2.54. The summed E-state index contributed by atoms with van der Waals surface area (Å²) in [6.45, 7) is 1.90. The fraction of sp³-hybridized carbons (Fsp3) is 0.391. The van der Waals surface area contributed by atoms with Crippen LogP contribution < -0.4 is 15.4 Å². The fourth-order valence-electron chi connectivity index (χ4n) is 3.80. The first-order valence-electron chi connectivity index (χ1n) is 10.4. The number of ether oxygens (including phenoxy) is 1. The van der Waals surface area contributed by atoms with Gasteiger partial charge in [0.05, 0.1) is 23.4 Å². The van der Waals surface area contributed by atoms with E-state index in [0.717, 1.165) is 25.8 Å². The Balaban J connectivity index is 1.39. The van der Waals surface area contributed by atoms with Crippen molar-refractivity contribution in [2.24, 2.45) is 5.92 Å². The third-order valence-electron chi connectivity index (χ3n) is 5.70. The number of hydrogen-bond acceptors (Lipinski definition) is 4. The summed E-state index contributed by atoms with van der Waals surface area (Å²) in [4.78, 5) is 27.0. The minimum Gasteiger partial charge on any atom is -0.496 e. The molecule has 1 heterocycles. The molecular formula is C23H25ClFN3O3. The van der Waals surface area contributed by atoms with Crippen LogP contribution >= 0.6 is 11.6 Å². The molecule has 2 aliphatic rings. The second-order valence-corrected chi connectivity index (χ2v) is 8.49. The van der Waals surface area contributed by atoms with Crippen LogP contribution in [-0.4, -0.2) is 43.0 Å². The van der Waals surface area contributed by atoms with Crippen molar-refractivity contribution in [1.82, 2.24) is 10.2 Å². The van der Waals surface area contributed by atoms with Crippen LogP contribution in [0.1, 0.15) is 35.2 Å². The molecule has 0 bridgehead atoms. The van der Waals surface area contributed by atoms with Crippen molar-refractivity contribution in [3.05, 3.63) is 58.4 Å². The van der Waals surface area contributed by atoms with E-state index in [1.807, 2.05) is 6.07 Å². The SMILES string of the molecule is COc1cc(NC(=O)C2CC2)c(Cl)cc1C(=O)N[C@H]1CCN(Cc2ccccc2F)C1. The quantitative estimate of drug-likeness (QED) is 0.679. The van der Waals surface area contributed by atoms with E-state index in [4.69, 9.17) is 16.3 Å². The largest absolute Gasteiger partial charge is 0.496 e. The van der Waals surface area contributed by atoms with Crippen LogP contribution in [0.4, 0.5) is 10.1 Å². The van der Waals surface area contributed by atoms with E-state index in [1.165, 1.54) is 19.2 Å². The van der Waals surface area contributed by atoms with Crippen LogP contribution in [0.2, 0.25) is 5.02 Å². The number of anilines is 1. The Labute approximate surface area is 185 Å². The predicted octanol–water partition coefficient (Wildman–Crippen LogP) is 3.84. The number of nitrogens with zero attached hydrogens (tertiary/aromatic N) is 1. The smallest absolute Gasteiger partial charge is 0.255 e. The summed E-state index contributed by atoms with van der Waals surface area (Å²) in [5, 5.41) is 6.10. The molecule has 1 aliphatic heterocycles. The normalized spacial score (nSPS) is 18.6.